The van der Waals surface area contributed by atoms with E-state index >= 15 is 0 Å². The van der Waals surface area contributed by atoms with Gasteiger partial charge in [0.05, 0.1) is 0 Å². The summed E-state index contributed by atoms with van der Waals surface area (Å²) < 4.78 is 16.4. The molecule has 0 spiro atoms. The molecule has 9 heteroatoms. The summed E-state index contributed by atoms with van der Waals surface area (Å²) >= 11 is 0. The number of hydrogen-bond acceptors (Lipinski definition) is 7. The summed E-state index contributed by atoms with van der Waals surface area (Å²) in [5, 5.41) is 0. The predicted molar refractivity (Wildman–Crippen MR) is 138 cm³/mol. The highest BCUT2D eigenvalue weighted by Gasteiger charge is 2.43. The number of allylic oxidation sites excluding steroid dienone is 3. The molecule has 37 heavy (non-hydrogen) atoms. The van der Waals surface area contributed by atoms with E-state index in [1.54, 1.807) is 32.9 Å². The van der Waals surface area contributed by atoms with Crippen LogP contribution in [0.5, 0.6) is 0 Å². The molecule has 202 valence electrons. The van der Waals surface area contributed by atoms with Crippen molar-refractivity contribution in [3.8, 4) is 12.8 Å². The van der Waals surface area contributed by atoms with Crippen molar-refractivity contribution in [2.24, 2.45) is 0 Å². The number of hydrogen-bond donors (Lipinski definition) is 0. The molecule has 2 fully saturated rings. The van der Waals surface area contributed by atoms with E-state index in [0.29, 0.717) is 30.7 Å². The van der Waals surface area contributed by atoms with Crippen LogP contribution in [-0.2, 0) is 33.4 Å². The van der Waals surface area contributed by atoms with Crippen molar-refractivity contribution < 1.29 is 33.4 Å². The Balaban J connectivity index is 0.00000235. The van der Waals surface area contributed by atoms with Crippen LogP contribution in [0.25, 0.3) is 0 Å². The van der Waals surface area contributed by atoms with E-state index < -0.39 is 35.7 Å². The molecule has 0 aromatic rings. The summed E-state index contributed by atoms with van der Waals surface area (Å²) in [6, 6.07) is 0. The molecule has 0 saturated carbocycles. The zero-order valence-corrected chi connectivity index (χ0v) is 22.2. The number of piperidine rings is 1. The molecule has 0 aromatic carbocycles. The highest BCUT2D eigenvalue weighted by atomic mass is 16.6. The second kappa shape index (κ2) is 13.8. The number of carbonyl (C=O) groups is 4. The number of carbonyl (C=O) groups excluding carboxylic acids is 4. The van der Waals surface area contributed by atoms with E-state index in [4.69, 9.17) is 14.2 Å². The largest absolute Gasteiger partial charge is 0.457 e. The van der Waals surface area contributed by atoms with Crippen molar-refractivity contribution >= 4 is 23.8 Å². The molecule has 2 heterocycles. The summed E-state index contributed by atoms with van der Waals surface area (Å²) in [6.07, 6.45) is 16.5. The highest BCUT2D eigenvalue weighted by Crippen LogP contribution is 2.24. The minimum atomic E-state index is -1.54. The van der Waals surface area contributed by atoms with Gasteiger partial charge in [0.15, 0.2) is 6.10 Å². The topological polar surface area (TPSA) is 102 Å². The van der Waals surface area contributed by atoms with Crippen LogP contribution in [0.15, 0.2) is 35.6 Å². The summed E-state index contributed by atoms with van der Waals surface area (Å²) in [5.74, 6) is -2.15. The average molecular weight is 515 g/mol. The molecule has 3 rings (SSSR count). The molecule has 9 nitrogen and oxygen atoms in total. The van der Waals surface area contributed by atoms with Crippen molar-refractivity contribution in [2.45, 2.75) is 77.6 Å². The van der Waals surface area contributed by atoms with Crippen LogP contribution >= 0.6 is 0 Å². The van der Waals surface area contributed by atoms with Gasteiger partial charge in [-0.2, -0.15) is 0 Å². The minimum Gasteiger partial charge on any atom is -0.457 e. The normalized spacial score (nSPS) is 21.2. The molecule has 2 amide bonds. The van der Waals surface area contributed by atoms with Crippen LogP contribution in [0.3, 0.4) is 0 Å². The third-order valence-corrected chi connectivity index (χ3v) is 5.81. The molecule has 1 aliphatic carbocycles. The quantitative estimate of drug-likeness (QED) is 0.411. The van der Waals surface area contributed by atoms with E-state index in [9.17, 15) is 19.2 Å². The Morgan fingerprint density at radius 3 is 2.38 bits per heavy atom. The number of rotatable bonds is 5. The van der Waals surface area contributed by atoms with Crippen LogP contribution in [0, 0.1) is 12.8 Å². The Morgan fingerprint density at radius 1 is 1.08 bits per heavy atom. The van der Waals surface area contributed by atoms with Crippen molar-refractivity contribution in [1.82, 2.24) is 9.80 Å². The molecule has 0 radical (unpaired) electrons. The summed E-state index contributed by atoms with van der Waals surface area (Å²) in [5.41, 5.74) is 0.223. The second-order valence-electron chi connectivity index (χ2n) is 9.92. The minimum absolute atomic E-state index is 0.0598. The summed E-state index contributed by atoms with van der Waals surface area (Å²) in [7, 11) is 0. The lowest BCUT2D eigenvalue weighted by molar-refractivity contribution is -0.187. The maximum Gasteiger partial charge on any atom is 0.351 e. The van der Waals surface area contributed by atoms with Crippen molar-refractivity contribution in [3.05, 3.63) is 35.6 Å². The van der Waals surface area contributed by atoms with E-state index in [0.717, 1.165) is 39.3 Å². The molecule has 0 N–H and O–H groups in total. The molecule has 2 saturated heterocycles. The molecule has 2 unspecified atom stereocenters. The maximum absolute atomic E-state index is 13.6. The number of nitrogens with zero attached hydrogens (tertiary/aromatic N) is 2. The van der Waals surface area contributed by atoms with Crippen LogP contribution in [-0.4, -0.2) is 77.6 Å². The van der Waals surface area contributed by atoms with E-state index in [2.05, 4.69) is 12.8 Å². The van der Waals surface area contributed by atoms with Gasteiger partial charge in [-0.25, -0.2) is 4.79 Å². The zero-order valence-electron chi connectivity index (χ0n) is 22.2. The van der Waals surface area contributed by atoms with Crippen LogP contribution in [0.1, 0.15) is 59.8 Å². The smallest absolute Gasteiger partial charge is 0.351 e. The van der Waals surface area contributed by atoms with E-state index in [1.807, 2.05) is 17.1 Å². The predicted octanol–water partition coefficient (Wildman–Crippen LogP) is 2.91. The molecular formula is C28H38N2O7. The Hall–Kier alpha value is -3.38. The molecule has 3 aliphatic rings. The van der Waals surface area contributed by atoms with E-state index in [1.165, 1.54) is 4.90 Å². The molecule has 0 bridgehead atoms. The number of ether oxygens (including phenoxy) is 3. The second-order valence-corrected chi connectivity index (χ2v) is 9.92. The number of amides is 2. The van der Waals surface area contributed by atoms with Gasteiger partial charge < -0.3 is 24.0 Å². The van der Waals surface area contributed by atoms with Gasteiger partial charge in [-0.05, 0) is 59.0 Å². The van der Waals surface area contributed by atoms with Crippen molar-refractivity contribution in [1.29, 1.82) is 0 Å². The lowest BCUT2D eigenvalue weighted by Gasteiger charge is -2.30. The number of likely N-dealkylation sites (tertiary alicyclic amines) is 1. The third-order valence-electron chi connectivity index (χ3n) is 5.81. The molecule has 2 atom stereocenters. The first-order chi connectivity index (χ1) is 17.6. The number of esters is 2. The molecule has 2 aliphatic heterocycles. The molecular weight excluding hydrogens is 476 g/mol. The monoisotopic (exact) mass is 514 g/mol. The first-order valence-electron chi connectivity index (χ1n) is 12.6. The summed E-state index contributed by atoms with van der Waals surface area (Å²) in [4.78, 5) is 54.8. The van der Waals surface area contributed by atoms with Crippen molar-refractivity contribution in [2.75, 3.05) is 26.2 Å². The Morgan fingerprint density at radius 2 is 1.76 bits per heavy atom. The number of terminal acetylenes is 1. The summed E-state index contributed by atoms with van der Waals surface area (Å²) in [6.45, 7) is 8.21. The van der Waals surface area contributed by atoms with E-state index in [-0.39, 0.29) is 12.5 Å². The van der Waals surface area contributed by atoms with Crippen LogP contribution in [0.2, 0.25) is 0 Å². The Labute approximate surface area is 219 Å². The SMILES string of the molecule is C#C.CC(=O)OC(C(=O)OC(C)(C)C)C1OCCCN(C2=CCC=CC(C(=O)N3CCCCC3)=C2)C1=O. The maximum atomic E-state index is 13.6. The van der Waals surface area contributed by atoms with Gasteiger partial charge >= 0.3 is 11.9 Å². The van der Waals surface area contributed by atoms with Crippen molar-refractivity contribution in [3.63, 3.8) is 0 Å². The van der Waals surface area contributed by atoms with Crippen LogP contribution in [0.4, 0.5) is 0 Å². The van der Waals surface area contributed by atoms with Gasteiger partial charge in [0.25, 0.3) is 11.8 Å². The standard InChI is InChI=1S/C26H36N2O7.C2H2/c1-18(29)34-22(25(32)35-26(2,3)4)21-24(31)28(15-10-16-33-21)20-12-7-6-11-19(17-20)23(30)27-13-8-5-9-14-27;1-2/h6,11-12,17,21-22H,5,7-10,13-16H2,1-4H3;1-2H. The van der Waals surface area contributed by atoms with Gasteiger partial charge in [-0.15, -0.1) is 12.8 Å². The van der Waals surface area contributed by atoms with Gasteiger partial charge in [-0.3, -0.25) is 14.4 Å². The Kier molecular flexibility index (Phi) is 11.1. The lowest BCUT2D eigenvalue weighted by Crippen LogP contribution is -2.50. The fourth-order valence-electron chi connectivity index (χ4n) is 4.26. The van der Waals surface area contributed by atoms with Gasteiger partial charge in [-0.1, -0.05) is 18.2 Å². The van der Waals surface area contributed by atoms with Gasteiger partial charge in [0, 0.05) is 44.4 Å². The lowest BCUT2D eigenvalue weighted by atomic mass is 10.1. The van der Waals surface area contributed by atoms with Gasteiger partial charge in [0.2, 0.25) is 6.10 Å². The Bertz CT molecular complexity index is 965. The zero-order chi connectivity index (χ0) is 27.6. The van der Waals surface area contributed by atoms with Gasteiger partial charge in [0.1, 0.15) is 5.60 Å². The first kappa shape index (κ1) is 29.8. The third kappa shape index (κ3) is 8.60. The average Bonchev–Trinajstić information content (AvgIpc) is 3.21. The fourth-order valence-corrected chi connectivity index (χ4v) is 4.26. The first-order valence-corrected chi connectivity index (χ1v) is 12.6. The fraction of sp³-hybridized carbons (Fsp3) is 0.571. The molecule has 0 aromatic heterocycles. The van der Waals surface area contributed by atoms with Crippen LogP contribution < -0.4 is 0 Å². The highest BCUT2D eigenvalue weighted by molar-refractivity contribution is 5.97.